The molecule has 4 rings (SSSR count). The summed E-state index contributed by atoms with van der Waals surface area (Å²) in [5, 5.41) is 7.63. The Morgan fingerprint density at radius 1 is 1.22 bits per heavy atom. The summed E-state index contributed by atoms with van der Waals surface area (Å²) in [7, 11) is -3.75. The number of sulfonamides is 1. The fourth-order valence-electron chi connectivity index (χ4n) is 5.17. The number of amides is 1. The predicted molar refractivity (Wildman–Crippen MR) is 122 cm³/mol. The van der Waals surface area contributed by atoms with E-state index in [0.29, 0.717) is 36.6 Å². The number of carbonyl (C=O) groups is 1. The van der Waals surface area contributed by atoms with Gasteiger partial charge >= 0.3 is 0 Å². The van der Waals surface area contributed by atoms with Gasteiger partial charge in [0.15, 0.2) is 5.76 Å². The number of benzene rings is 1. The summed E-state index contributed by atoms with van der Waals surface area (Å²) in [6.45, 7) is 4.34. The van der Waals surface area contributed by atoms with E-state index >= 15 is 0 Å². The van der Waals surface area contributed by atoms with E-state index in [-0.39, 0.29) is 34.4 Å². The number of rotatable bonds is 6. The normalized spacial score (nSPS) is 21.5. The van der Waals surface area contributed by atoms with E-state index in [1.807, 2.05) is 12.1 Å². The van der Waals surface area contributed by atoms with Crippen LogP contribution in [-0.2, 0) is 20.2 Å². The Morgan fingerprint density at radius 3 is 2.53 bits per heavy atom. The molecule has 32 heavy (non-hydrogen) atoms. The van der Waals surface area contributed by atoms with Crippen molar-refractivity contribution in [3.63, 3.8) is 0 Å². The second kappa shape index (κ2) is 9.15. The van der Waals surface area contributed by atoms with Crippen LogP contribution in [0.15, 0.2) is 33.7 Å². The van der Waals surface area contributed by atoms with Gasteiger partial charge in [-0.15, -0.1) is 0 Å². The molecule has 1 atom stereocenters. The Morgan fingerprint density at radius 2 is 1.91 bits per heavy atom. The molecule has 1 aromatic carbocycles. The molecule has 1 aliphatic carbocycles. The van der Waals surface area contributed by atoms with Gasteiger partial charge in [-0.05, 0) is 57.2 Å². The summed E-state index contributed by atoms with van der Waals surface area (Å²) < 4.78 is 32.8. The van der Waals surface area contributed by atoms with Crippen LogP contribution in [0.5, 0.6) is 0 Å². The Hall–Kier alpha value is -1.90. The molecule has 0 bridgehead atoms. The van der Waals surface area contributed by atoms with Crippen molar-refractivity contribution in [2.24, 2.45) is 5.92 Å². The Bertz CT molecular complexity index is 1060. The number of piperidine rings is 1. The van der Waals surface area contributed by atoms with Crippen molar-refractivity contribution in [1.82, 2.24) is 14.8 Å². The van der Waals surface area contributed by atoms with Crippen LogP contribution in [0.4, 0.5) is 0 Å². The highest BCUT2D eigenvalue weighted by molar-refractivity contribution is 7.89. The molecule has 174 valence electrons. The van der Waals surface area contributed by atoms with Crippen LogP contribution < -0.4 is 5.32 Å². The van der Waals surface area contributed by atoms with Crippen molar-refractivity contribution in [3.05, 3.63) is 46.3 Å². The number of hydrogen-bond donors (Lipinski definition) is 1. The van der Waals surface area contributed by atoms with Crippen LogP contribution in [0.2, 0.25) is 5.02 Å². The number of hydrogen-bond acceptors (Lipinski definition) is 5. The van der Waals surface area contributed by atoms with E-state index in [4.69, 9.17) is 16.1 Å². The third-order valence-electron chi connectivity index (χ3n) is 6.94. The molecule has 0 radical (unpaired) electrons. The standard InChI is InChI=1S/C23H30ClN3O4S/c1-16-21(17(2)31-26-16)32(29,30)27-13-5-6-18(14-27)22(28)25-15-23(11-3-4-12-23)19-7-9-20(24)10-8-19/h7-10,18H,3-6,11-15H2,1-2H3,(H,25,28). The molecule has 2 aliphatic rings. The van der Waals surface area contributed by atoms with Crippen LogP contribution in [-0.4, -0.2) is 43.4 Å². The Balaban J connectivity index is 1.45. The first-order valence-electron chi connectivity index (χ1n) is 11.2. The summed E-state index contributed by atoms with van der Waals surface area (Å²) in [5.74, 6) is -0.174. The fraction of sp³-hybridized carbons (Fsp3) is 0.565. The lowest BCUT2D eigenvalue weighted by atomic mass is 9.78. The van der Waals surface area contributed by atoms with E-state index < -0.39 is 10.0 Å². The molecule has 2 fully saturated rings. The topological polar surface area (TPSA) is 92.5 Å². The number of nitrogens with zero attached hydrogens (tertiary/aromatic N) is 2. The molecular weight excluding hydrogens is 450 g/mol. The molecular formula is C23H30ClN3O4S. The summed E-state index contributed by atoms with van der Waals surface area (Å²) in [6, 6.07) is 7.91. The van der Waals surface area contributed by atoms with Gasteiger partial charge in [-0.1, -0.05) is 41.7 Å². The van der Waals surface area contributed by atoms with Gasteiger partial charge in [0, 0.05) is 30.1 Å². The first-order chi connectivity index (χ1) is 15.2. The van der Waals surface area contributed by atoms with Gasteiger partial charge in [0.1, 0.15) is 10.6 Å². The highest BCUT2D eigenvalue weighted by atomic mass is 35.5. The third-order valence-corrected chi connectivity index (χ3v) is 9.30. The van der Waals surface area contributed by atoms with Crippen molar-refractivity contribution < 1.29 is 17.7 Å². The maximum atomic E-state index is 13.2. The minimum absolute atomic E-state index is 0.0797. The number of aromatic nitrogens is 1. The van der Waals surface area contributed by atoms with Crippen molar-refractivity contribution in [2.45, 2.75) is 62.7 Å². The Labute approximate surface area is 194 Å². The number of carbonyl (C=O) groups excluding carboxylic acids is 1. The van der Waals surface area contributed by atoms with Crippen molar-refractivity contribution >= 4 is 27.5 Å². The average molecular weight is 480 g/mol. The van der Waals surface area contributed by atoms with Gasteiger partial charge in [0.2, 0.25) is 15.9 Å². The fourth-order valence-corrected chi connectivity index (χ4v) is 7.11. The predicted octanol–water partition coefficient (Wildman–Crippen LogP) is 3.97. The summed E-state index contributed by atoms with van der Waals surface area (Å²) in [6.07, 6.45) is 5.62. The quantitative estimate of drug-likeness (QED) is 0.676. The smallest absolute Gasteiger partial charge is 0.248 e. The summed E-state index contributed by atoms with van der Waals surface area (Å²) >= 11 is 6.07. The maximum Gasteiger partial charge on any atom is 0.248 e. The molecule has 0 spiro atoms. The molecule has 9 heteroatoms. The minimum Gasteiger partial charge on any atom is -0.360 e. The lowest BCUT2D eigenvalue weighted by molar-refractivity contribution is -0.126. The number of aryl methyl sites for hydroxylation is 2. The van der Waals surface area contributed by atoms with Gasteiger partial charge in [0.25, 0.3) is 0 Å². The number of halogens is 1. The third kappa shape index (κ3) is 4.45. The highest BCUT2D eigenvalue weighted by Gasteiger charge is 2.39. The molecule has 1 N–H and O–H groups in total. The van der Waals surface area contributed by atoms with Crippen molar-refractivity contribution in [1.29, 1.82) is 0 Å². The highest BCUT2D eigenvalue weighted by Crippen LogP contribution is 2.41. The largest absolute Gasteiger partial charge is 0.360 e. The van der Waals surface area contributed by atoms with Crippen LogP contribution in [0.1, 0.15) is 55.5 Å². The second-order valence-corrected chi connectivity index (χ2v) is 11.4. The van der Waals surface area contributed by atoms with Crippen molar-refractivity contribution in [2.75, 3.05) is 19.6 Å². The van der Waals surface area contributed by atoms with E-state index in [1.54, 1.807) is 13.8 Å². The molecule has 1 aliphatic heterocycles. The van der Waals surface area contributed by atoms with E-state index in [1.165, 1.54) is 9.87 Å². The van der Waals surface area contributed by atoms with E-state index in [9.17, 15) is 13.2 Å². The molecule has 1 saturated carbocycles. The molecule has 2 heterocycles. The zero-order chi connectivity index (χ0) is 22.9. The first-order valence-corrected chi connectivity index (χ1v) is 13.0. The summed E-state index contributed by atoms with van der Waals surface area (Å²) in [4.78, 5) is 13.2. The monoisotopic (exact) mass is 479 g/mol. The van der Waals surface area contributed by atoms with Gasteiger partial charge in [-0.25, -0.2) is 8.42 Å². The van der Waals surface area contributed by atoms with Gasteiger partial charge in [-0.3, -0.25) is 4.79 Å². The van der Waals surface area contributed by atoms with E-state index in [2.05, 4.69) is 22.6 Å². The lowest BCUT2D eigenvalue weighted by Gasteiger charge is -2.33. The first kappa shape index (κ1) is 23.3. The molecule has 1 saturated heterocycles. The zero-order valence-electron chi connectivity index (χ0n) is 18.6. The Kier molecular flexibility index (Phi) is 6.66. The zero-order valence-corrected chi connectivity index (χ0v) is 20.1. The SMILES string of the molecule is Cc1noc(C)c1S(=O)(=O)N1CCCC(C(=O)NCC2(c3ccc(Cl)cc3)CCCC2)C1. The molecule has 1 amide bonds. The van der Waals surface area contributed by atoms with Crippen LogP contribution in [0, 0.1) is 19.8 Å². The summed E-state index contributed by atoms with van der Waals surface area (Å²) in [5.41, 5.74) is 1.46. The molecule has 7 nitrogen and oxygen atoms in total. The molecule has 1 unspecified atom stereocenters. The molecule has 1 aromatic heterocycles. The van der Waals surface area contributed by atoms with Crippen LogP contribution >= 0.6 is 11.6 Å². The maximum absolute atomic E-state index is 13.2. The van der Waals surface area contributed by atoms with Crippen LogP contribution in [0.25, 0.3) is 0 Å². The van der Waals surface area contributed by atoms with E-state index in [0.717, 1.165) is 25.7 Å². The van der Waals surface area contributed by atoms with Gasteiger partial charge in [0.05, 0.1) is 5.92 Å². The van der Waals surface area contributed by atoms with Gasteiger partial charge < -0.3 is 9.84 Å². The van der Waals surface area contributed by atoms with Crippen molar-refractivity contribution in [3.8, 4) is 0 Å². The second-order valence-electron chi connectivity index (χ2n) is 9.07. The number of nitrogens with one attached hydrogen (secondary N) is 1. The van der Waals surface area contributed by atoms with Crippen LogP contribution in [0.3, 0.4) is 0 Å². The van der Waals surface area contributed by atoms with Gasteiger partial charge in [-0.2, -0.15) is 4.31 Å². The minimum atomic E-state index is -3.75. The molecule has 2 aromatic rings. The average Bonchev–Trinajstić information content (AvgIpc) is 3.40. The lowest BCUT2D eigenvalue weighted by Crippen LogP contribution is -2.48.